The first kappa shape index (κ1) is 12.9. The van der Waals surface area contributed by atoms with Gasteiger partial charge in [-0.15, -0.1) is 0 Å². The van der Waals surface area contributed by atoms with Crippen molar-refractivity contribution in [1.82, 2.24) is 14.9 Å². The number of rotatable bonds is 4. The topological polar surface area (TPSA) is 59.0 Å². The third-order valence-corrected chi connectivity index (χ3v) is 3.84. The van der Waals surface area contributed by atoms with Crippen molar-refractivity contribution in [2.45, 2.75) is 52.1 Å². The standard InChI is InChI=1S/C13H22N4O/c1-4-13(3,5-2)16-11(18)10-9-17-8-6-7-14-12(17)15-10/h9H,4-8H2,1-3H3,(H,14,15)(H,16,18). The second kappa shape index (κ2) is 5.00. The van der Waals surface area contributed by atoms with Gasteiger partial charge in [-0.25, -0.2) is 4.98 Å². The normalized spacial score (nSPS) is 14.8. The molecule has 5 heteroatoms. The van der Waals surface area contributed by atoms with E-state index in [1.807, 2.05) is 10.8 Å². The minimum absolute atomic E-state index is 0.0788. The number of carbonyl (C=O) groups excluding carboxylic acids is 1. The molecule has 0 saturated carbocycles. The largest absolute Gasteiger partial charge is 0.356 e. The fourth-order valence-electron chi connectivity index (χ4n) is 2.05. The van der Waals surface area contributed by atoms with Gasteiger partial charge in [0.15, 0.2) is 0 Å². The van der Waals surface area contributed by atoms with Crippen molar-refractivity contribution in [3.05, 3.63) is 11.9 Å². The van der Waals surface area contributed by atoms with Crippen LogP contribution in [0.3, 0.4) is 0 Å². The number of aromatic nitrogens is 2. The number of hydrogen-bond donors (Lipinski definition) is 2. The predicted octanol–water partition coefficient (Wildman–Crippen LogP) is 2.01. The van der Waals surface area contributed by atoms with Crippen molar-refractivity contribution >= 4 is 11.9 Å². The van der Waals surface area contributed by atoms with Gasteiger partial charge in [0.05, 0.1) is 0 Å². The first-order chi connectivity index (χ1) is 8.58. The molecule has 0 aliphatic carbocycles. The van der Waals surface area contributed by atoms with Crippen molar-refractivity contribution in [2.24, 2.45) is 0 Å². The molecule has 0 radical (unpaired) electrons. The molecule has 100 valence electrons. The van der Waals surface area contributed by atoms with Gasteiger partial charge in [-0.2, -0.15) is 0 Å². The summed E-state index contributed by atoms with van der Waals surface area (Å²) < 4.78 is 2.01. The summed E-state index contributed by atoms with van der Waals surface area (Å²) in [5, 5.41) is 6.28. The number of nitrogens with zero attached hydrogens (tertiary/aromatic N) is 2. The van der Waals surface area contributed by atoms with E-state index in [0.717, 1.165) is 38.3 Å². The molecule has 2 N–H and O–H groups in total. The van der Waals surface area contributed by atoms with Crippen molar-refractivity contribution < 1.29 is 4.79 Å². The zero-order valence-corrected chi connectivity index (χ0v) is 11.4. The van der Waals surface area contributed by atoms with Crippen LogP contribution in [-0.4, -0.2) is 27.5 Å². The van der Waals surface area contributed by atoms with Crippen molar-refractivity contribution in [3.63, 3.8) is 0 Å². The van der Waals surface area contributed by atoms with Crippen LogP contribution in [-0.2, 0) is 6.54 Å². The highest BCUT2D eigenvalue weighted by Gasteiger charge is 2.24. The zero-order chi connectivity index (χ0) is 13.2. The molecule has 18 heavy (non-hydrogen) atoms. The van der Waals surface area contributed by atoms with E-state index in [4.69, 9.17) is 0 Å². The highest BCUT2D eigenvalue weighted by atomic mass is 16.2. The van der Waals surface area contributed by atoms with Gasteiger partial charge in [0, 0.05) is 24.8 Å². The fourth-order valence-corrected chi connectivity index (χ4v) is 2.05. The first-order valence-electron chi connectivity index (χ1n) is 6.71. The molecule has 1 amide bonds. The van der Waals surface area contributed by atoms with E-state index >= 15 is 0 Å². The number of imidazole rings is 1. The molecule has 0 fully saturated rings. The van der Waals surface area contributed by atoms with Crippen LogP contribution in [0.25, 0.3) is 0 Å². The Balaban J connectivity index is 2.11. The zero-order valence-electron chi connectivity index (χ0n) is 11.4. The third-order valence-electron chi connectivity index (χ3n) is 3.84. The minimum Gasteiger partial charge on any atom is -0.356 e. The molecular formula is C13H22N4O. The van der Waals surface area contributed by atoms with Crippen LogP contribution in [0.2, 0.25) is 0 Å². The van der Waals surface area contributed by atoms with Gasteiger partial charge < -0.3 is 15.2 Å². The van der Waals surface area contributed by atoms with Crippen LogP contribution in [0.15, 0.2) is 6.20 Å². The molecule has 5 nitrogen and oxygen atoms in total. The Bertz CT molecular complexity index is 411. The maximum Gasteiger partial charge on any atom is 0.271 e. The smallest absolute Gasteiger partial charge is 0.271 e. The summed E-state index contributed by atoms with van der Waals surface area (Å²) in [4.78, 5) is 16.5. The number of nitrogens with one attached hydrogen (secondary N) is 2. The van der Waals surface area contributed by atoms with E-state index in [2.05, 4.69) is 36.4 Å². The van der Waals surface area contributed by atoms with Crippen LogP contribution in [0.1, 0.15) is 50.5 Å². The number of hydrogen-bond acceptors (Lipinski definition) is 3. The van der Waals surface area contributed by atoms with Crippen LogP contribution in [0, 0.1) is 0 Å². The van der Waals surface area contributed by atoms with Crippen LogP contribution in [0.4, 0.5) is 5.95 Å². The van der Waals surface area contributed by atoms with E-state index in [9.17, 15) is 4.79 Å². The molecule has 1 aliphatic rings. The highest BCUT2D eigenvalue weighted by molar-refractivity contribution is 5.93. The molecule has 1 aliphatic heterocycles. The predicted molar refractivity (Wildman–Crippen MR) is 71.8 cm³/mol. The number of amides is 1. The SMILES string of the molecule is CCC(C)(CC)NC(=O)c1cn2c(n1)NCCC2. The summed E-state index contributed by atoms with van der Waals surface area (Å²) >= 11 is 0. The highest BCUT2D eigenvalue weighted by Crippen LogP contribution is 2.17. The van der Waals surface area contributed by atoms with Gasteiger partial charge in [0.2, 0.25) is 5.95 Å². The first-order valence-corrected chi connectivity index (χ1v) is 6.71. The second-order valence-corrected chi connectivity index (χ2v) is 5.15. The van der Waals surface area contributed by atoms with Gasteiger partial charge in [-0.05, 0) is 26.2 Å². The Morgan fingerprint density at radius 2 is 2.28 bits per heavy atom. The molecule has 0 unspecified atom stereocenters. The second-order valence-electron chi connectivity index (χ2n) is 5.15. The Morgan fingerprint density at radius 1 is 1.56 bits per heavy atom. The van der Waals surface area contributed by atoms with E-state index in [1.54, 1.807) is 0 Å². The number of anilines is 1. The van der Waals surface area contributed by atoms with Gasteiger partial charge in [-0.1, -0.05) is 13.8 Å². The van der Waals surface area contributed by atoms with Gasteiger partial charge in [-0.3, -0.25) is 4.79 Å². The summed E-state index contributed by atoms with van der Waals surface area (Å²) in [5.41, 5.74) is 0.363. The molecule has 2 rings (SSSR count). The van der Waals surface area contributed by atoms with Gasteiger partial charge >= 0.3 is 0 Å². The molecule has 0 saturated heterocycles. The van der Waals surface area contributed by atoms with Crippen molar-refractivity contribution in [2.75, 3.05) is 11.9 Å². The maximum atomic E-state index is 12.2. The average molecular weight is 250 g/mol. The molecule has 2 heterocycles. The Kier molecular flexibility index (Phi) is 3.59. The summed E-state index contributed by atoms with van der Waals surface area (Å²) in [6, 6.07) is 0. The Hall–Kier alpha value is -1.52. The lowest BCUT2D eigenvalue weighted by Gasteiger charge is -2.27. The van der Waals surface area contributed by atoms with Gasteiger partial charge in [0.1, 0.15) is 5.69 Å². The molecule has 0 bridgehead atoms. The number of aryl methyl sites for hydroxylation is 1. The van der Waals surface area contributed by atoms with Crippen LogP contribution >= 0.6 is 0 Å². The van der Waals surface area contributed by atoms with Crippen molar-refractivity contribution in [1.29, 1.82) is 0 Å². The van der Waals surface area contributed by atoms with Gasteiger partial charge in [0.25, 0.3) is 5.91 Å². The minimum atomic E-state index is -0.144. The summed E-state index contributed by atoms with van der Waals surface area (Å²) in [7, 11) is 0. The van der Waals surface area contributed by atoms with Crippen LogP contribution in [0.5, 0.6) is 0 Å². The van der Waals surface area contributed by atoms with E-state index in [-0.39, 0.29) is 11.4 Å². The average Bonchev–Trinajstić information content (AvgIpc) is 2.82. The molecule has 0 aromatic carbocycles. The van der Waals surface area contributed by atoms with E-state index in [0.29, 0.717) is 5.69 Å². The van der Waals surface area contributed by atoms with E-state index in [1.165, 1.54) is 0 Å². The lowest BCUT2D eigenvalue weighted by atomic mass is 9.95. The summed E-state index contributed by atoms with van der Waals surface area (Å²) in [5.74, 6) is 0.728. The lowest BCUT2D eigenvalue weighted by Crippen LogP contribution is -2.45. The quantitative estimate of drug-likeness (QED) is 0.859. The lowest BCUT2D eigenvalue weighted by molar-refractivity contribution is 0.0896. The number of fused-ring (bicyclic) bond motifs is 1. The Labute approximate surface area is 108 Å². The van der Waals surface area contributed by atoms with E-state index < -0.39 is 0 Å². The molecule has 0 atom stereocenters. The number of carbonyl (C=O) groups is 1. The molecule has 0 spiro atoms. The fraction of sp³-hybridized carbons (Fsp3) is 0.692. The molecule has 1 aromatic heterocycles. The van der Waals surface area contributed by atoms with Crippen LogP contribution < -0.4 is 10.6 Å². The van der Waals surface area contributed by atoms with Crippen molar-refractivity contribution in [3.8, 4) is 0 Å². The summed E-state index contributed by atoms with van der Waals surface area (Å²) in [6.45, 7) is 8.10. The Morgan fingerprint density at radius 3 is 2.89 bits per heavy atom. The monoisotopic (exact) mass is 250 g/mol. The third kappa shape index (κ3) is 2.49. The summed E-state index contributed by atoms with van der Waals surface area (Å²) in [6.07, 6.45) is 4.75. The molecular weight excluding hydrogens is 228 g/mol. The maximum absolute atomic E-state index is 12.2. The molecule has 1 aromatic rings.